The van der Waals surface area contributed by atoms with E-state index < -0.39 is 0 Å². The minimum absolute atomic E-state index is 0.0438. The number of benzene rings is 2. The zero-order valence-electron chi connectivity index (χ0n) is 15.8. The first-order chi connectivity index (χ1) is 12.4. The van der Waals surface area contributed by atoms with Gasteiger partial charge in [0.25, 0.3) is 0 Å². The summed E-state index contributed by atoms with van der Waals surface area (Å²) in [7, 11) is 1.61. The third kappa shape index (κ3) is 5.34. The normalized spacial score (nSPS) is 10.3. The molecule has 1 N–H and O–H groups in total. The molecule has 0 aliphatic carbocycles. The largest absolute Gasteiger partial charge is 0.497 e. The first-order valence-electron chi connectivity index (χ1n) is 8.65. The van der Waals surface area contributed by atoms with E-state index in [4.69, 9.17) is 4.74 Å². The number of rotatable bonds is 7. The molecule has 0 aromatic heterocycles. The molecule has 138 valence electrons. The molecule has 0 atom stereocenters. The van der Waals surface area contributed by atoms with Crippen LogP contribution in [0.1, 0.15) is 23.6 Å². The minimum atomic E-state index is -0.0706. The van der Waals surface area contributed by atoms with Crippen molar-refractivity contribution in [1.29, 1.82) is 0 Å². The van der Waals surface area contributed by atoms with Gasteiger partial charge in [-0.15, -0.1) is 0 Å². The highest BCUT2D eigenvalue weighted by molar-refractivity contribution is 5.91. The van der Waals surface area contributed by atoms with Crippen LogP contribution in [0.3, 0.4) is 0 Å². The lowest BCUT2D eigenvalue weighted by atomic mass is 10.1. The number of hydrogen-bond acceptors (Lipinski definition) is 3. The highest BCUT2D eigenvalue weighted by Crippen LogP contribution is 2.18. The Hall–Kier alpha value is -2.82. The van der Waals surface area contributed by atoms with Crippen LogP contribution in [0.4, 0.5) is 5.69 Å². The van der Waals surface area contributed by atoms with Gasteiger partial charge in [-0.25, -0.2) is 0 Å². The molecule has 0 spiro atoms. The van der Waals surface area contributed by atoms with Crippen LogP contribution in [0.15, 0.2) is 42.5 Å². The van der Waals surface area contributed by atoms with E-state index in [1.54, 1.807) is 12.0 Å². The van der Waals surface area contributed by atoms with Crippen molar-refractivity contribution in [3.8, 4) is 5.75 Å². The van der Waals surface area contributed by atoms with Crippen LogP contribution in [0.25, 0.3) is 0 Å². The van der Waals surface area contributed by atoms with Crippen molar-refractivity contribution in [2.24, 2.45) is 0 Å². The van der Waals surface area contributed by atoms with Crippen molar-refractivity contribution in [2.45, 2.75) is 27.2 Å². The SMILES string of the molecule is COc1ccc(CC(=O)NCCN(C(C)=O)c2ccc(C)c(C)c2)cc1. The fourth-order valence-electron chi connectivity index (χ4n) is 2.66. The molecule has 2 aromatic carbocycles. The Kier molecular flexibility index (Phi) is 6.78. The number of nitrogens with zero attached hydrogens (tertiary/aromatic N) is 1. The maximum atomic E-state index is 12.1. The molecule has 0 unspecified atom stereocenters. The van der Waals surface area contributed by atoms with Gasteiger partial charge in [-0.3, -0.25) is 9.59 Å². The monoisotopic (exact) mass is 354 g/mol. The molecule has 5 heteroatoms. The summed E-state index contributed by atoms with van der Waals surface area (Å²) in [6.07, 6.45) is 0.299. The number of methoxy groups -OCH3 is 1. The van der Waals surface area contributed by atoms with Gasteiger partial charge in [-0.05, 0) is 54.8 Å². The van der Waals surface area contributed by atoms with E-state index >= 15 is 0 Å². The number of carbonyl (C=O) groups is 2. The number of anilines is 1. The summed E-state index contributed by atoms with van der Waals surface area (Å²) in [5.74, 6) is 0.649. The number of hydrogen-bond donors (Lipinski definition) is 1. The molecule has 2 rings (SSSR count). The Morgan fingerprint density at radius 1 is 1.04 bits per heavy atom. The zero-order chi connectivity index (χ0) is 19.1. The van der Waals surface area contributed by atoms with Crippen molar-refractivity contribution in [1.82, 2.24) is 5.32 Å². The highest BCUT2D eigenvalue weighted by atomic mass is 16.5. The second kappa shape index (κ2) is 9.04. The van der Waals surface area contributed by atoms with Crippen molar-refractivity contribution in [3.63, 3.8) is 0 Å². The smallest absolute Gasteiger partial charge is 0.224 e. The Bertz CT molecular complexity index is 769. The van der Waals surface area contributed by atoms with Gasteiger partial charge in [0.2, 0.25) is 11.8 Å². The Balaban J connectivity index is 1.89. The molecular formula is C21H26N2O3. The quantitative estimate of drug-likeness (QED) is 0.831. The highest BCUT2D eigenvalue weighted by Gasteiger charge is 2.12. The van der Waals surface area contributed by atoms with Gasteiger partial charge in [0.1, 0.15) is 5.75 Å². The van der Waals surface area contributed by atoms with E-state index in [-0.39, 0.29) is 11.8 Å². The van der Waals surface area contributed by atoms with Crippen molar-refractivity contribution >= 4 is 17.5 Å². The lowest BCUT2D eigenvalue weighted by Gasteiger charge is -2.22. The maximum Gasteiger partial charge on any atom is 0.224 e. The number of aryl methyl sites for hydroxylation is 2. The fraction of sp³-hybridized carbons (Fsp3) is 0.333. The fourth-order valence-corrected chi connectivity index (χ4v) is 2.66. The van der Waals surface area contributed by atoms with E-state index in [0.717, 1.165) is 22.6 Å². The zero-order valence-corrected chi connectivity index (χ0v) is 15.8. The average Bonchev–Trinajstić information content (AvgIpc) is 2.61. The predicted octanol–water partition coefficient (Wildman–Crippen LogP) is 3.02. The standard InChI is InChI=1S/C21H26N2O3/c1-15-5-8-19(13-16(15)2)23(17(3)24)12-11-22-21(25)14-18-6-9-20(26-4)10-7-18/h5-10,13H,11-12,14H2,1-4H3,(H,22,25). The van der Waals surface area contributed by atoms with E-state index in [9.17, 15) is 9.59 Å². The third-order valence-electron chi connectivity index (χ3n) is 4.36. The molecular weight excluding hydrogens is 328 g/mol. The molecule has 0 heterocycles. The van der Waals surface area contributed by atoms with Crippen LogP contribution in [0, 0.1) is 13.8 Å². The molecule has 0 saturated heterocycles. The summed E-state index contributed by atoms with van der Waals surface area (Å²) in [5.41, 5.74) is 4.09. The summed E-state index contributed by atoms with van der Waals surface area (Å²) in [4.78, 5) is 25.8. The molecule has 0 radical (unpaired) electrons. The summed E-state index contributed by atoms with van der Waals surface area (Å²) >= 11 is 0. The van der Waals surface area contributed by atoms with Crippen molar-refractivity contribution in [2.75, 3.05) is 25.1 Å². The Labute approximate surface area is 155 Å². The van der Waals surface area contributed by atoms with Crippen LogP contribution in [0.2, 0.25) is 0 Å². The van der Waals surface area contributed by atoms with E-state index in [0.29, 0.717) is 19.5 Å². The lowest BCUT2D eigenvalue weighted by molar-refractivity contribution is -0.121. The van der Waals surface area contributed by atoms with Crippen LogP contribution in [0.5, 0.6) is 5.75 Å². The van der Waals surface area contributed by atoms with E-state index in [1.807, 2.05) is 56.3 Å². The number of nitrogens with one attached hydrogen (secondary N) is 1. The summed E-state index contributed by atoms with van der Waals surface area (Å²) in [5, 5.41) is 2.88. The second-order valence-electron chi connectivity index (χ2n) is 6.31. The van der Waals surface area contributed by atoms with Gasteiger partial charge in [0.05, 0.1) is 13.5 Å². The molecule has 26 heavy (non-hydrogen) atoms. The van der Waals surface area contributed by atoms with Gasteiger partial charge in [-0.1, -0.05) is 18.2 Å². The topological polar surface area (TPSA) is 58.6 Å². The molecule has 2 amide bonds. The van der Waals surface area contributed by atoms with E-state index in [1.165, 1.54) is 12.5 Å². The summed E-state index contributed by atoms with van der Waals surface area (Å²) in [6.45, 7) is 6.44. The number of amides is 2. The molecule has 2 aromatic rings. The van der Waals surface area contributed by atoms with Gasteiger partial charge >= 0.3 is 0 Å². The average molecular weight is 354 g/mol. The lowest BCUT2D eigenvalue weighted by Crippen LogP contribution is -2.38. The van der Waals surface area contributed by atoms with Crippen LogP contribution in [-0.2, 0) is 16.0 Å². The third-order valence-corrected chi connectivity index (χ3v) is 4.36. The summed E-state index contributed by atoms with van der Waals surface area (Å²) in [6, 6.07) is 13.3. The first-order valence-corrected chi connectivity index (χ1v) is 8.65. The van der Waals surface area contributed by atoms with Gasteiger partial charge in [0, 0.05) is 25.7 Å². The second-order valence-corrected chi connectivity index (χ2v) is 6.31. The Morgan fingerprint density at radius 3 is 2.31 bits per heavy atom. The van der Waals surface area contributed by atoms with E-state index in [2.05, 4.69) is 5.32 Å². The first kappa shape index (κ1) is 19.5. The predicted molar refractivity (Wildman–Crippen MR) is 104 cm³/mol. The number of ether oxygens (including phenoxy) is 1. The van der Waals surface area contributed by atoms with Gasteiger partial charge in [0.15, 0.2) is 0 Å². The molecule has 0 aliphatic heterocycles. The maximum absolute atomic E-state index is 12.1. The van der Waals surface area contributed by atoms with Crippen LogP contribution >= 0.6 is 0 Å². The molecule has 0 fully saturated rings. The molecule has 0 aliphatic rings. The summed E-state index contributed by atoms with van der Waals surface area (Å²) < 4.78 is 5.11. The molecule has 0 saturated carbocycles. The van der Waals surface area contributed by atoms with Crippen molar-refractivity contribution < 1.29 is 14.3 Å². The van der Waals surface area contributed by atoms with Crippen LogP contribution < -0.4 is 15.0 Å². The minimum Gasteiger partial charge on any atom is -0.497 e. The van der Waals surface area contributed by atoms with Gasteiger partial charge in [-0.2, -0.15) is 0 Å². The molecule has 0 bridgehead atoms. The molecule has 5 nitrogen and oxygen atoms in total. The van der Waals surface area contributed by atoms with Crippen LogP contribution in [-0.4, -0.2) is 32.0 Å². The van der Waals surface area contributed by atoms with Gasteiger partial charge < -0.3 is 15.0 Å². The Morgan fingerprint density at radius 2 is 1.73 bits per heavy atom. The van der Waals surface area contributed by atoms with Crippen molar-refractivity contribution in [3.05, 3.63) is 59.2 Å². The number of carbonyl (C=O) groups excluding carboxylic acids is 2.